The lowest BCUT2D eigenvalue weighted by molar-refractivity contribution is -0.113. The third-order valence-electron chi connectivity index (χ3n) is 6.50. The minimum absolute atomic E-state index is 0.0346. The molecule has 0 aliphatic carbocycles. The molecule has 0 aliphatic heterocycles. The van der Waals surface area contributed by atoms with E-state index in [1.54, 1.807) is 7.11 Å². The highest BCUT2D eigenvalue weighted by molar-refractivity contribution is 6.74. The Kier molecular flexibility index (Phi) is 8.49. The Morgan fingerprint density at radius 2 is 1.65 bits per heavy atom. The minimum Gasteiger partial charge on any atom is -0.493 e. The van der Waals surface area contributed by atoms with Gasteiger partial charge in [-0.2, -0.15) is 0 Å². The van der Waals surface area contributed by atoms with Gasteiger partial charge in [0.05, 0.1) is 13.2 Å². The van der Waals surface area contributed by atoms with E-state index in [0.717, 1.165) is 17.4 Å². The molecular weight excluding hydrogens is 404 g/mol. The van der Waals surface area contributed by atoms with Crippen molar-refractivity contribution in [3.8, 4) is 11.5 Å². The summed E-state index contributed by atoms with van der Waals surface area (Å²) in [6.07, 6.45) is 0.819. The van der Waals surface area contributed by atoms with Gasteiger partial charge in [-0.15, -0.1) is 0 Å². The molecule has 2 aromatic carbocycles. The lowest BCUT2D eigenvalue weighted by atomic mass is 9.88. The molecule has 0 amide bonds. The molecule has 4 nitrogen and oxygen atoms in total. The van der Waals surface area contributed by atoms with Gasteiger partial charge in [0.25, 0.3) is 0 Å². The van der Waals surface area contributed by atoms with Crippen LogP contribution in [0.2, 0.25) is 18.1 Å². The number of carbonyl (C=O) groups excluding carboxylic acids is 1. The van der Waals surface area contributed by atoms with Gasteiger partial charge in [0.15, 0.2) is 19.8 Å². The van der Waals surface area contributed by atoms with Gasteiger partial charge in [-0.3, -0.25) is 0 Å². The molecule has 0 saturated carbocycles. The summed E-state index contributed by atoms with van der Waals surface area (Å²) in [5.74, 6) is 1.28. The Bertz CT molecular complexity index is 842. The first-order chi connectivity index (χ1) is 14.5. The van der Waals surface area contributed by atoms with E-state index in [1.807, 2.05) is 55.5 Å². The Balaban J connectivity index is 2.35. The van der Waals surface area contributed by atoms with E-state index in [2.05, 4.69) is 40.8 Å². The first-order valence-corrected chi connectivity index (χ1v) is 13.9. The topological polar surface area (TPSA) is 44.8 Å². The van der Waals surface area contributed by atoms with Crippen LogP contribution < -0.4 is 9.47 Å². The number of hydrogen-bond donors (Lipinski definition) is 0. The van der Waals surface area contributed by atoms with Gasteiger partial charge in [0, 0.05) is 5.92 Å². The molecule has 0 N–H and O–H groups in total. The van der Waals surface area contributed by atoms with Crippen LogP contribution in [-0.2, 0) is 15.8 Å². The number of ether oxygens (including phenoxy) is 2. The lowest BCUT2D eigenvalue weighted by Crippen LogP contribution is -2.43. The molecule has 2 rings (SSSR count). The van der Waals surface area contributed by atoms with E-state index in [-0.39, 0.29) is 23.0 Å². The predicted molar refractivity (Wildman–Crippen MR) is 129 cm³/mol. The molecule has 0 aliphatic rings. The van der Waals surface area contributed by atoms with Crippen molar-refractivity contribution in [3.63, 3.8) is 0 Å². The van der Waals surface area contributed by atoms with Crippen LogP contribution in [0.4, 0.5) is 0 Å². The van der Waals surface area contributed by atoms with Crippen LogP contribution in [0.25, 0.3) is 0 Å². The minimum atomic E-state index is -2.06. The monoisotopic (exact) mass is 442 g/mol. The lowest BCUT2D eigenvalue weighted by Gasteiger charge is -2.41. The van der Waals surface area contributed by atoms with Crippen LogP contribution in [0.5, 0.6) is 11.5 Å². The fourth-order valence-corrected chi connectivity index (χ4v) is 4.43. The molecule has 5 heteroatoms. The van der Waals surface area contributed by atoms with Crippen LogP contribution in [0.1, 0.15) is 51.8 Å². The fraction of sp³-hybridized carbons (Fsp3) is 0.500. The van der Waals surface area contributed by atoms with Crippen molar-refractivity contribution < 1.29 is 18.7 Å². The van der Waals surface area contributed by atoms with Crippen LogP contribution >= 0.6 is 0 Å². The zero-order valence-electron chi connectivity index (χ0n) is 20.3. The second-order valence-corrected chi connectivity index (χ2v) is 14.6. The van der Waals surface area contributed by atoms with Crippen molar-refractivity contribution in [3.05, 3.63) is 59.7 Å². The molecule has 0 saturated heterocycles. The second-order valence-electron chi connectivity index (χ2n) is 9.84. The summed E-state index contributed by atoms with van der Waals surface area (Å²) in [5, 5.41) is 0.0677. The quantitative estimate of drug-likeness (QED) is 0.299. The Labute approximate surface area is 189 Å². The van der Waals surface area contributed by atoms with Crippen LogP contribution in [0.3, 0.4) is 0 Å². The fourth-order valence-electron chi connectivity index (χ4n) is 3.09. The van der Waals surface area contributed by atoms with Gasteiger partial charge in [-0.05, 0) is 47.3 Å². The Hall–Kier alpha value is -2.11. The summed E-state index contributed by atoms with van der Waals surface area (Å²) in [7, 11) is -0.412. The average molecular weight is 443 g/mol. The number of methoxy groups -OCH3 is 1. The molecule has 2 aromatic rings. The Morgan fingerprint density at radius 3 is 2.19 bits per heavy atom. The maximum Gasteiger partial charge on any atom is 0.192 e. The third-order valence-corrected chi connectivity index (χ3v) is 11.0. The van der Waals surface area contributed by atoms with Crippen LogP contribution in [0.15, 0.2) is 48.5 Å². The van der Waals surface area contributed by atoms with Crippen molar-refractivity contribution in [1.82, 2.24) is 0 Å². The summed E-state index contributed by atoms with van der Waals surface area (Å²) >= 11 is 0. The maximum absolute atomic E-state index is 11.6. The predicted octanol–water partition coefficient (Wildman–Crippen LogP) is 6.81. The summed E-state index contributed by atoms with van der Waals surface area (Å²) < 4.78 is 18.5. The van der Waals surface area contributed by atoms with Gasteiger partial charge in [0.2, 0.25) is 0 Å². The van der Waals surface area contributed by atoms with Crippen molar-refractivity contribution in [2.24, 2.45) is 11.8 Å². The molecule has 0 unspecified atom stereocenters. The summed E-state index contributed by atoms with van der Waals surface area (Å²) in [5.41, 5.74) is 2.11. The average Bonchev–Trinajstić information content (AvgIpc) is 2.74. The molecular formula is C26H38O4Si. The zero-order chi connectivity index (χ0) is 23.2. The highest BCUT2D eigenvalue weighted by atomic mass is 28.4. The van der Waals surface area contributed by atoms with Crippen molar-refractivity contribution in [2.45, 2.75) is 65.5 Å². The summed E-state index contributed by atoms with van der Waals surface area (Å²) in [6, 6.07) is 16.0. The second kappa shape index (κ2) is 10.5. The maximum atomic E-state index is 11.6. The number of benzene rings is 2. The highest BCUT2D eigenvalue weighted by Crippen LogP contribution is 2.44. The SMILES string of the molecule is COc1cc([C@@H](O[Si](C)(C)C(C)(C)C)[C@@H](C)[C@@H](C)C=O)ccc1OCc1ccccc1. The third kappa shape index (κ3) is 6.44. The molecule has 0 aromatic heterocycles. The molecule has 3 atom stereocenters. The van der Waals surface area contributed by atoms with Crippen LogP contribution in [-0.4, -0.2) is 21.7 Å². The number of rotatable bonds is 10. The zero-order valence-corrected chi connectivity index (χ0v) is 21.3. The summed E-state index contributed by atoms with van der Waals surface area (Å²) in [6.45, 7) is 15.7. The molecule has 0 radical (unpaired) electrons. The van der Waals surface area contributed by atoms with Crippen molar-refractivity contribution >= 4 is 14.6 Å². The van der Waals surface area contributed by atoms with E-state index in [0.29, 0.717) is 18.1 Å². The molecule has 0 bridgehead atoms. The van der Waals surface area contributed by atoms with Crippen LogP contribution in [0, 0.1) is 11.8 Å². The Morgan fingerprint density at radius 1 is 1.00 bits per heavy atom. The molecule has 0 heterocycles. The smallest absolute Gasteiger partial charge is 0.192 e. The number of hydrogen-bond acceptors (Lipinski definition) is 4. The van der Waals surface area contributed by atoms with Gasteiger partial charge in [-0.1, -0.05) is 71.0 Å². The number of carbonyl (C=O) groups is 1. The first kappa shape index (κ1) is 25.2. The molecule has 0 fully saturated rings. The highest BCUT2D eigenvalue weighted by Gasteiger charge is 2.41. The number of aldehydes is 1. The molecule has 0 spiro atoms. The van der Waals surface area contributed by atoms with E-state index in [9.17, 15) is 4.79 Å². The van der Waals surface area contributed by atoms with E-state index in [4.69, 9.17) is 13.9 Å². The first-order valence-electron chi connectivity index (χ1n) is 11.0. The van der Waals surface area contributed by atoms with Crippen molar-refractivity contribution in [1.29, 1.82) is 0 Å². The van der Waals surface area contributed by atoms with Gasteiger partial charge < -0.3 is 18.7 Å². The largest absolute Gasteiger partial charge is 0.493 e. The van der Waals surface area contributed by atoms with Gasteiger partial charge in [0.1, 0.15) is 12.9 Å². The van der Waals surface area contributed by atoms with Gasteiger partial charge >= 0.3 is 0 Å². The molecule has 31 heavy (non-hydrogen) atoms. The van der Waals surface area contributed by atoms with Crippen molar-refractivity contribution in [2.75, 3.05) is 7.11 Å². The van der Waals surface area contributed by atoms with E-state index >= 15 is 0 Å². The van der Waals surface area contributed by atoms with E-state index in [1.165, 1.54) is 0 Å². The standard InChI is InChI=1S/C26H38O4Si/c1-19(17-27)20(2)25(30-31(7,8)26(3,4)5)22-14-15-23(24(16-22)28-6)29-18-21-12-10-9-11-13-21/h9-17,19-20,25H,18H2,1-8H3/t19-,20-,25-/m0/s1. The molecule has 170 valence electrons. The van der Waals surface area contributed by atoms with Gasteiger partial charge in [-0.25, -0.2) is 0 Å². The normalized spacial score (nSPS) is 15.1. The summed E-state index contributed by atoms with van der Waals surface area (Å²) in [4.78, 5) is 11.6. The van der Waals surface area contributed by atoms with E-state index < -0.39 is 8.32 Å².